The number of rotatable bonds is 5. The van der Waals surface area contributed by atoms with Crippen LogP contribution in [0.3, 0.4) is 0 Å². The molecule has 0 spiro atoms. The number of hydrogen-bond acceptors (Lipinski definition) is 6. The Morgan fingerprint density at radius 3 is 2.69 bits per heavy atom. The number of nitrogen functional groups attached to an aromatic ring is 1. The Balaban J connectivity index is 1.74. The van der Waals surface area contributed by atoms with Crippen LogP contribution in [0.4, 0.5) is 33.5 Å². The third-order valence-corrected chi connectivity index (χ3v) is 4.87. The van der Waals surface area contributed by atoms with Crippen molar-refractivity contribution in [1.82, 2.24) is 9.97 Å². The number of fused-ring (bicyclic) bond motifs is 2. The van der Waals surface area contributed by atoms with Crippen LogP contribution < -0.4 is 15.4 Å². The molecule has 2 atom stereocenters. The fourth-order valence-corrected chi connectivity index (χ4v) is 3.68. The fourth-order valence-electron chi connectivity index (χ4n) is 3.68. The molecule has 2 aliphatic rings. The number of morpholine rings is 1. The molecular weight excluding hydrogens is 399 g/mol. The zero-order valence-electron chi connectivity index (χ0n) is 15.0. The van der Waals surface area contributed by atoms with E-state index >= 15 is 0 Å². The number of halogens is 5. The van der Waals surface area contributed by atoms with Gasteiger partial charge in [0.05, 0.1) is 36.6 Å². The monoisotopic (exact) mass is 416 g/mol. The maximum absolute atomic E-state index is 13.0. The van der Waals surface area contributed by atoms with Gasteiger partial charge in [0.2, 0.25) is 0 Å². The quantitative estimate of drug-likeness (QED) is 0.754. The molecule has 11 heteroatoms. The Labute approximate surface area is 162 Å². The number of aromatic nitrogens is 2. The summed E-state index contributed by atoms with van der Waals surface area (Å²) in [6, 6.07) is 4.28. The highest BCUT2D eigenvalue weighted by Crippen LogP contribution is 2.36. The van der Waals surface area contributed by atoms with Crippen molar-refractivity contribution in [3.05, 3.63) is 30.1 Å². The number of ether oxygens (including phenoxy) is 2. The molecule has 2 aromatic rings. The van der Waals surface area contributed by atoms with E-state index in [2.05, 4.69) is 14.7 Å². The first-order valence-corrected chi connectivity index (χ1v) is 8.84. The van der Waals surface area contributed by atoms with Gasteiger partial charge in [-0.15, -0.1) is 0 Å². The predicted octanol–water partition coefficient (Wildman–Crippen LogP) is 3.41. The zero-order valence-corrected chi connectivity index (χ0v) is 15.0. The number of nitrogens with two attached hydrogens (primary N) is 1. The lowest BCUT2D eigenvalue weighted by molar-refractivity contribution is -0.127. The van der Waals surface area contributed by atoms with Crippen LogP contribution in [0.5, 0.6) is 5.75 Å². The second kappa shape index (κ2) is 7.29. The molecule has 6 nitrogen and oxygen atoms in total. The van der Waals surface area contributed by atoms with Gasteiger partial charge in [0.1, 0.15) is 0 Å². The Morgan fingerprint density at radius 1 is 1.28 bits per heavy atom. The smallest absolute Gasteiger partial charge is 0.394 e. The van der Waals surface area contributed by atoms with Crippen molar-refractivity contribution in [1.29, 1.82) is 0 Å². The fraction of sp³-hybridized carbons (Fsp3) is 0.444. The lowest BCUT2D eigenvalue weighted by Gasteiger charge is -2.29. The molecule has 0 saturated carbocycles. The molecule has 2 bridgehead atoms. The van der Waals surface area contributed by atoms with E-state index in [-0.39, 0.29) is 40.7 Å². The van der Waals surface area contributed by atoms with Gasteiger partial charge in [-0.2, -0.15) is 22.0 Å². The van der Waals surface area contributed by atoms with E-state index in [0.29, 0.717) is 18.8 Å². The summed E-state index contributed by atoms with van der Waals surface area (Å²) >= 11 is 0. The summed E-state index contributed by atoms with van der Waals surface area (Å²) in [6.45, 7) is -2.04. The summed E-state index contributed by atoms with van der Waals surface area (Å²) in [5, 5.41) is 0. The maximum Gasteiger partial charge on any atom is 0.394 e. The van der Waals surface area contributed by atoms with Gasteiger partial charge in [0.25, 0.3) is 0 Å². The van der Waals surface area contributed by atoms with Crippen LogP contribution in [0.2, 0.25) is 0 Å². The predicted molar refractivity (Wildman–Crippen MR) is 93.8 cm³/mol. The third kappa shape index (κ3) is 4.34. The minimum Gasteiger partial charge on any atom is -0.431 e. The van der Waals surface area contributed by atoms with Crippen molar-refractivity contribution in [2.45, 2.75) is 37.8 Å². The maximum atomic E-state index is 13.0. The zero-order chi connectivity index (χ0) is 20.8. The molecule has 2 saturated heterocycles. The first kappa shape index (κ1) is 19.6. The topological polar surface area (TPSA) is 73.5 Å². The van der Waals surface area contributed by atoms with Crippen LogP contribution >= 0.6 is 0 Å². The lowest BCUT2D eigenvalue weighted by atomic mass is 10.1. The summed E-state index contributed by atoms with van der Waals surface area (Å²) in [7, 11) is 0. The molecule has 0 aromatic carbocycles. The van der Waals surface area contributed by atoms with Crippen molar-refractivity contribution in [3.8, 4) is 17.0 Å². The van der Waals surface area contributed by atoms with Gasteiger partial charge >= 0.3 is 12.8 Å². The SMILES string of the molecule is Nc1ncc(-c2cc(N3C[C@@H]4C[C@H]3CO4)cc(CC(F)(F)F)n2)cc1OC(F)F. The summed E-state index contributed by atoms with van der Waals surface area (Å²) in [5.41, 5.74) is 6.31. The molecule has 2 fully saturated rings. The molecule has 0 unspecified atom stereocenters. The van der Waals surface area contributed by atoms with Gasteiger partial charge in [-0.1, -0.05) is 0 Å². The first-order chi connectivity index (χ1) is 13.7. The van der Waals surface area contributed by atoms with Crippen molar-refractivity contribution >= 4 is 11.5 Å². The van der Waals surface area contributed by atoms with E-state index in [1.54, 1.807) is 6.07 Å². The largest absolute Gasteiger partial charge is 0.431 e. The van der Waals surface area contributed by atoms with E-state index in [1.807, 2.05) is 4.90 Å². The number of alkyl halides is 5. The van der Waals surface area contributed by atoms with Gasteiger partial charge in [-0.3, -0.25) is 4.98 Å². The number of pyridine rings is 2. The first-order valence-electron chi connectivity index (χ1n) is 8.84. The summed E-state index contributed by atoms with van der Waals surface area (Å²) < 4.78 is 74.0. The highest BCUT2D eigenvalue weighted by atomic mass is 19.4. The Hall–Kier alpha value is -2.69. The molecule has 4 rings (SSSR count). The van der Waals surface area contributed by atoms with Crippen LogP contribution in [0.25, 0.3) is 11.3 Å². The van der Waals surface area contributed by atoms with Crippen LogP contribution in [0, 0.1) is 0 Å². The molecular formula is C18H17F5N4O2. The number of anilines is 2. The van der Waals surface area contributed by atoms with Gasteiger partial charge < -0.3 is 20.1 Å². The van der Waals surface area contributed by atoms with E-state index in [9.17, 15) is 22.0 Å². The summed E-state index contributed by atoms with van der Waals surface area (Å²) in [4.78, 5) is 9.86. The van der Waals surface area contributed by atoms with Crippen LogP contribution in [-0.4, -0.2) is 48.1 Å². The van der Waals surface area contributed by atoms with Crippen molar-refractivity contribution in [2.24, 2.45) is 0 Å². The molecule has 2 aliphatic heterocycles. The van der Waals surface area contributed by atoms with Crippen molar-refractivity contribution < 1.29 is 31.4 Å². The van der Waals surface area contributed by atoms with Crippen molar-refractivity contribution in [2.75, 3.05) is 23.8 Å². The van der Waals surface area contributed by atoms with Gasteiger partial charge in [0.15, 0.2) is 11.6 Å². The van der Waals surface area contributed by atoms with E-state index in [4.69, 9.17) is 10.5 Å². The van der Waals surface area contributed by atoms with E-state index in [1.165, 1.54) is 18.3 Å². The Bertz CT molecular complexity index is 908. The molecule has 0 aliphatic carbocycles. The number of nitrogens with zero attached hydrogens (tertiary/aromatic N) is 3. The van der Waals surface area contributed by atoms with Gasteiger partial charge in [0, 0.05) is 24.0 Å². The van der Waals surface area contributed by atoms with Crippen LogP contribution in [-0.2, 0) is 11.2 Å². The van der Waals surface area contributed by atoms with E-state index in [0.717, 1.165) is 6.42 Å². The van der Waals surface area contributed by atoms with Crippen LogP contribution in [0.1, 0.15) is 12.1 Å². The minimum absolute atomic E-state index is 0.0481. The molecule has 4 heterocycles. The second-order valence-electron chi connectivity index (χ2n) is 6.98. The average Bonchev–Trinajstić information content (AvgIpc) is 3.25. The normalized spacial score (nSPS) is 21.2. The molecule has 0 amide bonds. The number of hydrogen-bond donors (Lipinski definition) is 1. The standard InChI is InChI=1S/C18H17F5N4O2/c19-17(20)29-15-1-9(6-25-16(15)24)14-4-11(2-10(26-14)5-18(21,22)23)27-7-13-3-12(27)8-28-13/h1-2,4,6,12-13,17H,3,5,7-8H2,(H2,24,25)/t12-,13-/m0/s1. The third-order valence-electron chi connectivity index (χ3n) is 4.87. The van der Waals surface area contributed by atoms with Crippen molar-refractivity contribution in [3.63, 3.8) is 0 Å². The van der Waals surface area contributed by atoms with E-state index < -0.39 is 19.2 Å². The Kier molecular flexibility index (Phi) is 4.93. The van der Waals surface area contributed by atoms with Gasteiger partial charge in [-0.25, -0.2) is 4.98 Å². The molecule has 2 aromatic heterocycles. The summed E-state index contributed by atoms with van der Waals surface area (Å²) in [5.74, 6) is -0.620. The average molecular weight is 416 g/mol. The Morgan fingerprint density at radius 2 is 2.07 bits per heavy atom. The lowest BCUT2D eigenvalue weighted by Crippen LogP contribution is -2.37. The highest BCUT2D eigenvalue weighted by Gasteiger charge is 2.39. The summed E-state index contributed by atoms with van der Waals surface area (Å²) in [6.07, 6.45) is -3.54. The van der Waals surface area contributed by atoms with Crippen LogP contribution in [0.15, 0.2) is 24.4 Å². The molecule has 156 valence electrons. The minimum atomic E-state index is -4.45. The van der Waals surface area contributed by atoms with Gasteiger partial charge in [-0.05, 0) is 24.6 Å². The molecule has 2 N–H and O–H groups in total. The second-order valence-corrected chi connectivity index (χ2v) is 6.98. The molecule has 29 heavy (non-hydrogen) atoms. The highest BCUT2D eigenvalue weighted by molar-refractivity contribution is 5.68. The molecule has 0 radical (unpaired) electrons.